The number of nitrogens with zero attached hydrogens (tertiary/aromatic N) is 1. The molecule has 2 fully saturated rings. The number of pyridine rings is 1. The van der Waals surface area contributed by atoms with E-state index in [-0.39, 0.29) is 11.6 Å². The molecule has 0 saturated heterocycles. The smallest absolute Gasteiger partial charge is 0.305 e. The summed E-state index contributed by atoms with van der Waals surface area (Å²) < 4.78 is 17.5. The van der Waals surface area contributed by atoms with Crippen LogP contribution in [0, 0.1) is 0 Å². The van der Waals surface area contributed by atoms with E-state index in [1.165, 1.54) is 7.11 Å². The number of ether oxygens (including phenoxy) is 3. The number of halogens is 1. The number of carbonyl (C=O) groups is 1. The van der Waals surface area contributed by atoms with E-state index in [0.717, 1.165) is 70.8 Å². The zero-order valence-corrected chi connectivity index (χ0v) is 21.9. The van der Waals surface area contributed by atoms with E-state index in [0.29, 0.717) is 24.2 Å². The Labute approximate surface area is 221 Å². The van der Waals surface area contributed by atoms with Crippen LogP contribution in [0.5, 0.6) is 5.75 Å². The van der Waals surface area contributed by atoms with Crippen LogP contribution in [0.3, 0.4) is 0 Å². The molecule has 0 aliphatic heterocycles. The minimum Gasteiger partial charge on any atom is -0.490 e. The molecule has 2 saturated carbocycles. The zero-order chi connectivity index (χ0) is 25.0. The average molecular weight is 524 g/mol. The van der Waals surface area contributed by atoms with E-state index in [1.54, 1.807) is 11.8 Å². The molecule has 0 N–H and O–H groups in total. The predicted molar refractivity (Wildman–Crippen MR) is 142 cm³/mol. The molecule has 0 radical (unpaired) electrons. The molecule has 0 bridgehead atoms. The molecule has 7 heteroatoms. The first-order valence-electron chi connectivity index (χ1n) is 12.4. The fourth-order valence-electron chi connectivity index (χ4n) is 4.23. The molecule has 188 valence electrons. The van der Waals surface area contributed by atoms with E-state index in [2.05, 4.69) is 23.2 Å². The van der Waals surface area contributed by atoms with Crippen LogP contribution in [0.4, 0.5) is 0 Å². The first-order chi connectivity index (χ1) is 17.6. The number of esters is 1. The molecule has 5 rings (SSSR count). The summed E-state index contributed by atoms with van der Waals surface area (Å²) in [6.45, 7) is 0.421. The van der Waals surface area contributed by atoms with Crippen LogP contribution in [-0.4, -0.2) is 29.9 Å². The van der Waals surface area contributed by atoms with Gasteiger partial charge in [-0.2, -0.15) is 0 Å². The van der Waals surface area contributed by atoms with E-state index >= 15 is 0 Å². The topological polar surface area (TPSA) is 57.7 Å². The van der Waals surface area contributed by atoms with Crippen molar-refractivity contribution >= 4 is 29.3 Å². The van der Waals surface area contributed by atoms with Gasteiger partial charge in [0.05, 0.1) is 25.4 Å². The van der Waals surface area contributed by atoms with Crippen molar-refractivity contribution in [3.8, 4) is 16.9 Å². The Morgan fingerprint density at radius 1 is 1.14 bits per heavy atom. The maximum absolute atomic E-state index is 11.3. The number of methoxy groups -OCH3 is 1. The molecule has 0 spiro atoms. The van der Waals surface area contributed by atoms with E-state index in [4.69, 9.17) is 25.8 Å². The lowest BCUT2D eigenvalue weighted by Crippen LogP contribution is -2.14. The number of hydrogen-bond acceptors (Lipinski definition) is 6. The number of carbonyl (C=O) groups excluding carboxylic acids is 1. The highest BCUT2D eigenvalue weighted by Crippen LogP contribution is 2.53. The lowest BCUT2D eigenvalue weighted by molar-refractivity contribution is -0.140. The van der Waals surface area contributed by atoms with Gasteiger partial charge in [-0.1, -0.05) is 29.8 Å². The molecule has 2 aliphatic rings. The molecule has 2 aliphatic carbocycles. The average Bonchev–Trinajstić information content (AvgIpc) is 3.84. The molecule has 0 atom stereocenters. The molecular formula is C29H30ClNO4S. The maximum Gasteiger partial charge on any atom is 0.305 e. The third kappa shape index (κ3) is 6.05. The number of benzene rings is 2. The Balaban J connectivity index is 1.30. The summed E-state index contributed by atoms with van der Waals surface area (Å²) in [5.41, 5.74) is 3.88. The van der Waals surface area contributed by atoms with E-state index in [1.807, 2.05) is 42.7 Å². The van der Waals surface area contributed by atoms with Crippen molar-refractivity contribution in [1.29, 1.82) is 0 Å². The lowest BCUT2D eigenvalue weighted by atomic mass is 9.96. The van der Waals surface area contributed by atoms with Gasteiger partial charge in [-0.05, 0) is 79.3 Å². The first kappa shape index (κ1) is 25.1. The minimum atomic E-state index is -0.372. The van der Waals surface area contributed by atoms with Crippen molar-refractivity contribution in [3.05, 3.63) is 77.1 Å². The third-order valence-corrected chi connectivity index (χ3v) is 8.00. The summed E-state index contributed by atoms with van der Waals surface area (Å²) in [5.74, 6) is 1.58. The lowest BCUT2D eigenvalue weighted by Gasteiger charge is -2.22. The van der Waals surface area contributed by atoms with Crippen molar-refractivity contribution in [1.82, 2.24) is 4.98 Å². The molecule has 36 heavy (non-hydrogen) atoms. The van der Waals surface area contributed by atoms with E-state index in [9.17, 15) is 4.79 Å². The Bertz CT molecular complexity index is 1230. The first-order valence-corrected chi connectivity index (χ1v) is 13.8. The van der Waals surface area contributed by atoms with Crippen molar-refractivity contribution in [2.75, 3.05) is 12.9 Å². The number of para-hydroxylation sites is 1. The Hall–Kier alpha value is -2.54. The van der Waals surface area contributed by atoms with E-state index < -0.39 is 0 Å². The SMILES string of the molecule is COC(=O)CCCSc1ccc(Cl)c(COC2(c3cnccc3-c3ccccc3OC3CC3)CC2)c1. The highest BCUT2D eigenvalue weighted by Gasteiger charge is 2.47. The van der Waals surface area contributed by atoms with Crippen LogP contribution in [0.1, 0.15) is 49.7 Å². The second kappa shape index (κ2) is 11.2. The van der Waals surface area contributed by atoms with Gasteiger partial charge in [-0.15, -0.1) is 11.8 Å². The van der Waals surface area contributed by atoms with Gasteiger partial charge < -0.3 is 14.2 Å². The van der Waals surface area contributed by atoms with Crippen LogP contribution < -0.4 is 4.74 Å². The van der Waals surface area contributed by atoms with Crippen LogP contribution in [0.25, 0.3) is 11.1 Å². The molecular weight excluding hydrogens is 494 g/mol. The predicted octanol–water partition coefficient (Wildman–Crippen LogP) is 7.19. The monoisotopic (exact) mass is 523 g/mol. The largest absolute Gasteiger partial charge is 0.490 e. The highest BCUT2D eigenvalue weighted by atomic mass is 35.5. The fraction of sp³-hybridized carbons (Fsp3) is 0.379. The summed E-state index contributed by atoms with van der Waals surface area (Å²) in [6.07, 6.45) is 9.42. The highest BCUT2D eigenvalue weighted by molar-refractivity contribution is 7.99. The van der Waals surface area contributed by atoms with Crippen molar-refractivity contribution in [3.63, 3.8) is 0 Å². The van der Waals surface area contributed by atoms with Crippen molar-refractivity contribution in [2.24, 2.45) is 0 Å². The molecule has 1 aromatic heterocycles. The summed E-state index contributed by atoms with van der Waals surface area (Å²) in [7, 11) is 1.42. The number of hydrogen-bond donors (Lipinski definition) is 0. The van der Waals surface area contributed by atoms with Gasteiger partial charge in [0.15, 0.2) is 0 Å². The quantitative estimate of drug-likeness (QED) is 0.142. The summed E-state index contributed by atoms with van der Waals surface area (Å²) in [6, 6.07) is 16.3. The van der Waals surface area contributed by atoms with Gasteiger partial charge in [0, 0.05) is 39.9 Å². The van der Waals surface area contributed by atoms with Crippen LogP contribution in [0.15, 0.2) is 65.8 Å². The third-order valence-electron chi connectivity index (χ3n) is 6.55. The van der Waals surface area contributed by atoms with Crippen molar-refractivity contribution in [2.45, 2.75) is 61.7 Å². The number of thioether (sulfide) groups is 1. The second-order valence-corrected chi connectivity index (χ2v) is 10.9. The zero-order valence-electron chi connectivity index (χ0n) is 20.4. The molecule has 2 aromatic carbocycles. The Kier molecular flexibility index (Phi) is 7.85. The molecule has 0 unspecified atom stereocenters. The van der Waals surface area contributed by atoms with Crippen LogP contribution in [0.2, 0.25) is 5.02 Å². The van der Waals surface area contributed by atoms with Gasteiger partial charge in [0.25, 0.3) is 0 Å². The maximum atomic E-state index is 11.3. The minimum absolute atomic E-state index is 0.174. The number of rotatable bonds is 12. The Morgan fingerprint density at radius 3 is 2.75 bits per heavy atom. The Morgan fingerprint density at radius 2 is 1.97 bits per heavy atom. The normalized spacial score (nSPS) is 15.9. The second-order valence-electron chi connectivity index (χ2n) is 9.30. The molecule has 5 nitrogen and oxygen atoms in total. The van der Waals surface area contributed by atoms with Gasteiger partial charge >= 0.3 is 5.97 Å². The van der Waals surface area contributed by atoms with Gasteiger partial charge in [-0.3, -0.25) is 9.78 Å². The van der Waals surface area contributed by atoms with Gasteiger partial charge in [0.2, 0.25) is 0 Å². The molecule has 0 amide bonds. The summed E-state index contributed by atoms with van der Waals surface area (Å²) in [5, 5.41) is 0.694. The van der Waals surface area contributed by atoms with Gasteiger partial charge in [-0.25, -0.2) is 0 Å². The molecule has 1 heterocycles. The fourth-order valence-corrected chi connectivity index (χ4v) is 5.32. The van der Waals surface area contributed by atoms with Crippen LogP contribution in [-0.2, 0) is 26.5 Å². The standard InChI is InChI=1S/C29H30ClNO4S/c1-33-28(32)7-4-16-36-22-10-11-26(30)20(17-22)19-34-29(13-14-29)25-18-31-15-12-23(25)24-5-2-3-6-27(24)35-21-8-9-21/h2-3,5-6,10-12,15,17-18,21H,4,7-9,13-14,16,19H2,1H3. The van der Waals surface area contributed by atoms with Crippen molar-refractivity contribution < 1.29 is 19.0 Å². The molecule has 3 aromatic rings. The van der Waals surface area contributed by atoms with Gasteiger partial charge in [0.1, 0.15) is 5.75 Å². The summed E-state index contributed by atoms with van der Waals surface area (Å²) in [4.78, 5) is 16.9. The number of aromatic nitrogens is 1. The van der Waals surface area contributed by atoms with Crippen LogP contribution >= 0.6 is 23.4 Å². The summed E-state index contributed by atoms with van der Waals surface area (Å²) >= 11 is 8.24.